The zero-order valence-electron chi connectivity index (χ0n) is 10.0. The summed E-state index contributed by atoms with van der Waals surface area (Å²) in [7, 11) is 1.64. The molecule has 0 radical (unpaired) electrons. The zero-order valence-corrected chi connectivity index (χ0v) is 11.6. The topological polar surface area (TPSA) is 21.3 Å². The second-order valence-corrected chi connectivity index (χ2v) is 5.80. The number of benzene rings is 1. The number of hydrogen-bond donors (Lipinski definition) is 1. The van der Waals surface area contributed by atoms with Crippen molar-refractivity contribution in [2.75, 3.05) is 26.0 Å². The van der Waals surface area contributed by atoms with E-state index in [1.54, 1.807) is 7.11 Å². The predicted molar refractivity (Wildman–Crippen MR) is 74.3 cm³/mol. The minimum Gasteiger partial charge on any atom is -0.495 e. The van der Waals surface area contributed by atoms with Crippen molar-refractivity contribution < 1.29 is 4.74 Å². The highest BCUT2D eigenvalue weighted by Gasteiger charge is 2.13. The summed E-state index contributed by atoms with van der Waals surface area (Å²) < 4.78 is 5.14. The van der Waals surface area contributed by atoms with Gasteiger partial charge in [-0.3, -0.25) is 0 Å². The van der Waals surface area contributed by atoms with Crippen molar-refractivity contribution in [3.63, 3.8) is 0 Å². The second-order valence-electron chi connectivity index (χ2n) is 4.30. The van der Waals surface area contributed by atoms with Crippen molar-refractivity contribution in [1.29, 1.82) is 0 Å². The molecule has 2 nitrogen and oxygen atoms in total. The Morgan fingerprint density at radius 2 is 2.18 bits per heavy atom. The molecule has 94 valence electrons. The van der Waals surface area contributed by atoms with Crippen LogP contribution in [-0.4, -0.2) is 26.0 Å². The molecule has 1 heterocycles. The van der Waals surface area contributed by atoms with Crippen molar-refractivity contribution in [3.8, 4) is 5.75 Å². The van der Waals surface area contributed by atoms with Crippen LogP contribution in [0.5, 0.6) is 5.75 Å². The summed E-state index contributed by atoms with van der Waals surface area (Å²) in [5.74, 6) is 2.77. The van der Waals surface area contributed by atoms with E-state index in [2.05, 4.69) is 11.4 Å². The van der Waals surface area contributed by atoms with Gasteiger partial charge >= 0.3 is 0 Å². The summed E-state index contributed by atoms with van der Waals surface area (Å²) in [6, 6.07) is 6.01. The molecular formula is C13H18ClNOS. The number of ether oxygens (including phenoxy) is 1. The molecule has 0 unspecified atom stereocenters. The average molecular weight is 272 g/mol. The van der Waals surface area contributed by atoms with Gasteiger partial charge in [-0.2, -0.15) is 0 Å². The number of methoxy groups -OCH3 is 1. The summed E-state index contributed by atoms with van der Waals surface area (Å²) in [5.41, 5.74) is 0. The van der Waals surface area contributed by atoms with E-state index in [0.29, 0.717) is 5.02 Å². The van der Waals surface area contributed by atoms with Gasteiger partial charge in [0.25, 0.3) is 0 Å². The van der Waals surface area contributed by atoms with Crippen molar-refractivity contribution in [3.05, 3.63) is 23.2 Å². The SMILES string of the molecule is COc1ccc(SCC2CCNCC2)cc1Cl. The maximum Gasteiger partial charge on any atom is 0.137 e. The molecular weight excluding hydrogens is 254 g/mol. The summed E-state index contributed by atoms with van der Waals surface area (Å²) in [6.07, 6.45) is 2.58. The number of rotatable bonds is 4. The van der Waals surface area contributed by atoms with E-state index in [4.69, 9.17) is 16.3 Å². The molecule has 2 rings (SSSR count). The lowest BCUT2D eigenvalue weighted by Crippen LogP contribution is -2.28. The largest absolute Gasteiger partial charge is 0.495 e. The van der Waals surface area contributed by atoms with E-state index in [1.807, 2.05) is 23.9 Å². The molecule has 0 spiro atoms. The Bertz CT molecular complexity index is 366. The van der Waals surface area contributed by atoms with Crippen LogP contribution in [0.1, 0.15) is 12.8 Å². The molecule has 1 fully saturated rings. The molecule has 0 aromatic heterocycles. The number of thioether (sulfide) groups is 1. The smallest absolute Gasteiger partial charge is 0.137 e. The van der Waals surface area contributed by atoms with Gasteiger partial charge in [0.05, 0.1) is 12.1 Å². The average Bonchev–Trinajstić information content (AvgIpc) is 2.38. The van der Waals surface area contributed by atoms with Crippen LogP contribution >= 0.6 is 23.4 Å². The van der Waals surface area contributed by atoms with Gasteiger partial charge in [0.15, 0.2) is 0 Å². The summed E-state index contributed by atoms with van der Waals surface area (Å²) in [5, 5.41) is 4.09. The van der Waals surface area contributed by atoms with Crippen molar-refractivity contribution in [2.24, 2.45) is 5.92 Å². The molecule has 0 saturated carbocycles. The molecule has 4 heteroatoms. The van der Waals surface area contributed by atoms with Crippen molar-refractivity contribution in [2.45, 2.75) is 17.7 Å². The van der Waals surface area contributed by atoms with Gasteiger partial charge in [-0.15, -0.1) is 11.8 Å². The number of piperidine rings is 1. The van der Waals surface area contributed by atoms with E-state index in [0.717, 1.165) is 24.8 Å². The number of hydrogen-bond acceptors (Lipinski definition) is 3. The Kier molecular flexibility index (Phi) is 5.01. The summed E-state index contributed by atoms with van der Waals surface area (Å²) in [4.78, 5) is 1.23. The normalized spacial score (nSPS) is 17.1. The third kappa shape index (κ3) is 3.80. The van der Waals surface area contributed by atoms with Gasteiger partial charge in [-0.25, -0.2) is 0 Å². The Balaban J connectivity index is 1.87. The third-order valence-electron chi connectivity index (χ3n) is 3.07. The van der Waals surface area contributed by atoms with Crippen LogP contribution in [0.4, 0.5) is 0 Å². The summed E-state index contributed by atoms with van der Waals surface area (Å²) in [6.45, 7) is 2.32. The summed E-state index contributed by atoms with van der Waals surface area (Å²) >= 11 is 8.00. The lowest BCUT2D eigenvalue weighted by atomic mass is 10.0. The Hall–Kier alpha value is -0.380. The van der Waals surface area contributed by atoms with Crippen LogP contribution < -0.4 is 10.1 Å². The molecule has 17 heavy (non-hydrogen) atoms. The highest BCUT2D eigenvalue weighted by atomic mass is 35.5. The molecule has 0 aliphatic carbocycles. The van der Waals surface area contributed by atoms with Crippen LogP contribution in [0.25, 0.3) is 0 Å². The molecule has 0 bridgehead atoms. The van der Waals surface area contributed by atoms with Crippen LogP contribution in [0, 0.1) is 5.92 Å². The van der Waals surface area contributed by atoms with Gasteiger partial charge in [0.2, 0.25) is 0 Å². The first-order chi connectivity index (χ1) is 8.29. The molecule has 1 aromatic rings. The second kappa shape index (κ2) is 6.53. The quantitative estimate of drug-likeness (QED) is 0.848. The molecule has 1 saturated heterocycles. The third-order valence-corrected chi connectivity index (χ3v) is 4.59. The maximum atomic E-state index is 6.10. The predicted octanol–water partition coefficient (Wildman–Crippen LogP) is 3.44. The lowest BCUT2D eigenvalue weighted by Gasteiger charge is -2.22. The van der Waals surface area contributed by atoms with Crippen molar-refractivity contribution >= 4 is 23.4 Å². The van der Waals surface area contributed by atoms with E-state index in [1.165, 1.54) is 23.5 Å². The maximum absolute atomic E-state index is 6.10. The Morgan fingerprint density at radius 3 is 2.82 bits per heavy atom. The fraction of sp³-hybridized carbons (Fsp3) is 0.538. The molecule has 0 atom stereocenters. The minimum absolute atomic E-state index is 0.697. The van der Waals surface area contributed by atoms with Gasteiger partial charge in [0.1, 0.15) is 5.75 Å². The molecule has 0 amide bonds. The zero-order chi connectivity index (χ0) is 12.1. The van der Waals surface area contributed by atoms with E-state index in [-0.39, 0.29) is 0 Å². The number of nitrogens with one attached hydrogen (secondary N) is 1. The molecule has 1 N–H and O–H groups in total. The molecule has 1 aliphatic heterocycles. The minimum atomic E-state index is 0.697. The first-order valence-corrected chi connectivity index (χ1v) is 7.33. The highest BCUT2D eigenvalue weighted by molar-refractivity contribution is 7.99. The van der Waals surface area contributed by atoms with Gasteiger partial charge in [-0.1, -0.05) is 11.6 Å². The Labute approximate surface area is 112 Å². The lowest BCUT2D eigenvalue weighted by molar-refractivity contribution is 0.408. The van der Waals surface area contributed by atoms with Crippen LogP contribution in [0.3, 0.4) is 0 Å². The highest BCUT2D eigenvalue weighted by Crippen LogP contribution is 2.31. The van der Waals surface area contributed by atoms with E-state index in [9.17, 15) is 0 Å². The fourth-order valence-electron chi connectivity index (χ4n) is 2.00. The molecule has 1 aromatic carbocycles. The first kappa shape index (κ1) is 13.1. The van der Waals surface area contributed by atoms with Crippen LogP contribution in [-0.2, 0) is 0 Å². The number of halogens is 1. The van der Waals surface area contributed by atoms with Gasteiger partial charge < -0.3 is 10.1 Å². The van der Waals surface area contributed by atoms with Gasteiger partial charge in [-0.05, 0) is 50.0 Å². The standard InChI is InChI=1S/C13H18ClNOS/c1-16-13-3-2-11(8-12(13)14)17-9-10-4-6-15-7-5-10/h2-3,8,10,15H,4-7,9H2,1H3. The van der Waals surface area contributed by atoms with Crippen LogP contribution in [0.15, 0.2) is 23.1 Å². The van der Waals surface area contributed by atoms with Crippen molar-refractivity contribution in [1.82, 2.24) is 5.32 Å². The van der Waals surface area contributed by atoms with E-state index < -0.39 is 0 Å². The fourth-order valence-corrected chi connectivity index (χ4v) is 3.45. The first-order valence-electron chi connectivity index (χ1n) is 5.96. The Morgan fingerprint density at radius 1 is 1.41 bits per heavy atom. The van der Waals surface area contributed by atoms with Crippen LogP contribution in [0.2, 0.25) is 5.02 Å². The van der Waals surface area contributed by atoms with Gasteiger partial charge in [0, 0.05) is 10.6 Å². The monoisotopic (exact) mass is 271 g/mol. The van der Waals surface area contributed by atoms with E-state index >= 15 is 0 Å². The molecule has 1 aliphatic rings.